The van der Waals surface area contributed by atoms with Crippen molar-refractivity contribution in [1.82, 2.24) is 4.90 Å². The maximum absolute atomic E-state index is 13.3. The number of anilines is 1. The normalized spacial score (nSPS) is 22.8. The number of nitrogens with zero attached hydrogens (tertiary/aromatic N) is 1. The van der Waals surface area contributed by atoms with Gasteiger partial charge in [-0.3, -0.25) is 9.59 Å². The Balaban J connectivity index is 1.42. The summed E-state index contributed by atoms with van der Waals surface area (Å²) in [5.74, 6) is 0.352. The molecule has 5 heteroatoms. The monoisotopic (exact) mass is 392 g/mol. The lowest BCUT2D eigenvalue weighted by molar-refractivity contribution is -0.927. The van der Waals surface area contributed by atoms with E-state index in [9.17, 15) is 9.59 Å². The highest BCUT2D eigenvalue weighted by Gasteiger charge is 2.39. The maximum atomic E-state index is 13.3. The van der Waals surface area contributed by atoms with E-state index in [4.69, 9.17) is 0 Å². The molecule has 0 aliphatic carbocycles. The molecule has 4 rings (SSSR count). The predicted octanol–water partition coefficient (Wildman–Crippen LogP) is 2.28. The van der Waals surface area contributed by atoms with Gasteiger partial charge in [-0.25, -0.2) is 0 Å². The average molecular weight is 393 g/mol. The zero-order valence-electron chi connectivity index (χ0n) is 16.8. The minimum atomic E-state index is -0.160. The fraction of sp³-hybridized carbons (Fsp3) is 0.417. The Morgan fingerprint density at radius 1 is 0.897 bits per heavy atom. The van der Waals surface area contributed by atoms with E-state index < -0.39 is 0 Å². The molecule has 0 unspecified atom stereocenters. The van der Waals surface area contributed by atoms with E-state index in [1.165, 1.54) is 4.90 Å². The molecule has 0 radical (unpaired) electrons. The van der Waals surface area contributed by atoms with Crippen molar-refractivity contribution in [2.45, 2.75) is 31.7 Å². The summed E-state index contributed by atoms with van der Waals surface area (Å²) in [4.78, 5) is 29.3. The van der Waals surface area contributed by atoms with Crippen molar-refractivity contribution in [1.29, 1.82) is 0 Å². The Morgan fingerprint density at radius 2 is 1.48 bits per heavy atom. The van der Waals surface area contributed by atoms with E-state index in [-0.39, 0.29) is 23.8 Å². The first-order valence-electron chi connectivity index (χ1n) is 10.8. The fourth-order valence-electron chi connectivity index (χ4n) is 4.62. The lowest BCUT2D eigenvalue weighted by Crippen LogP contribution is -3.14. The van der Waals surface area contributed by atoms with Gasteiger partial charge in [-0.15, -0.1) is 0 Å². The van der Waals surface area contributed by atoms with Crippen LogP contribution in [0, 0.1) is 5.92 Å². The van der Waals surface area contributed by atoms with Crippen LogP contribution in [0.25, 0.3) is 0 Å². The Labute approximate surface area is 172 Å². The zero-order chi connectivity index (χ0) is 20.1. The summed E-state index contributed by atoms with van der Waals surface area (Å²) in [7, 11) is 0. The van der Waals surface area contributed by atoms with E-state index in [1.807, 2.05) is 53.4 Å². The van der Waals surface area contributed by atoms with Crippen molar-refractivity contribution in [3.05, 3.63) is 66.2 Å². The number of nitrogens with one attached hydrogen (secondary N) is 2. The summed E-state index contributed by atoms with van der Waals surface area (Å²) in [6, 6.07) is 19.6. The van der Waals surface area contributed by atoms with E-state index in [0.29, 0.717) is 0 Å². The van der Waals surface area contributed by atoms with Crippen molar-refractivity contribution in [2.24, 2.45) is 5.92 Å². The quantitative estimate of drug-likeness (QED) is 0.820. The number of benzene rings is 2. The molecule has 0 aromatic heterocycles. The molecule has 0 saturated carbocycles. The van der Waals surface area contributed by atoms with Crippen LogP contribution in [0.3, 0.4) is 0 Å². The van der Waals surface area contributed by atoms with Crippen molar-refractivity contribution in [3.8, 4) is 0 Å². The Bertz CT molecular complexity index is 811. The van der Waals surface area contributed by atoms with Gasteiger partial charge in [0, 0.05) is 43.1 Å². The van der Waals surface area contributed by atoms with Crippen LogP contribution in [0.1, 0.15) is 37.3 Å². The lowest BCUT2D eigenvalue weighted by Gasteiger charge is -2.35. The van der Waals surface area contributed by atoms with Gasteiger partial charge in [-0.05, 0) is 25.0 Å². The second kappa shape index (κ2) is 9.23. The van der Waals surface area contributed by atoms with Gasteiger partial charge in [-0.2, -0.15) is 0 Å². The van der Waals surface area contributed by atoms with Gasteiger partial charge in [0.25, 0.3) is 5.91 Å². The Morgan fingerprint density at radius 3 is 2.10 bits per heavy atom. The molecule has 5 nitrogen and oxygen atoms in total. The molecule has 2 aromatic rings. The van der Waals surface area contributed by atoms with Crippen LogP contribution in [0.2, 0.25) is 0 Å². The minimum absolute atomic E-state index is 0.0114. The van der Waals surface area contributed by atoms with Gasteiger partial charge >= 0.3 is 0 Å². The molecule has 0 spiro atoms. The van der Waals surface area contributed by atoms with Crippen molar-refractivity contribution >= 4 is 17.5 Å². The van der Waals surface area contributed by atoms with Gasteiger partial charge < -0.3 is 15.1 Å². The van der Waals surface area contributed by atoms with Crippen LogP contribution >= 0.6 is 0 Å². The van der Waals surface area contributed by atoms with E-state index >= 15 is 0 Å². The molecule has 2 amide bonds. The molecule has 2 aromatic carbocycles. The van der Waals surface area contributed by atoms with Gasteiger partial charge in [0.05, 0.1) is 13.1 Å². The highest BCUT2D eigenvalue weighted by Crippen LogP contribution is 2.20. The standard InChI is InChI=1S/C24H29N3O2/c28-23(25-21-11-5-2-6-12-21)20-13-17-26(18-14-20)22(19-9-3-1-4-10-19)24(29)27-15-7-8-16-27/h1-6,9-12,20,22H,7-8,13-18H2,(H,25,28)/p+1/t22-/m1/s1. The summed E-state index contributed by atoms with van der Waals surface area (Å²) < 4.78 is 0. The highest BCUT2D eigenvalue weighted by molar-refractivity contribution is 5.92. The number of carbonyl (C=O) groups excluding carboxylic acids is 2. The number of amides is 2. The minimum Gasteiger partial charge on any atom is -0.337 e. The third-order valence-corrected chi connectivity index (χ3v) is 6.25. The van der Waals surface area contributed by atoms with Crippen LogP contribution in [0.4, 0.5) is 5.69 Å². The summed E-state index contributed by atoms with van der Waals surface area (Å²) in [6.45, 7) is 3.42. The highest BCUT2D eigenvalue weighted by atomic mass is 16.2. The third kappa shape index (κ3) is 4.67. The number of rotatable bonds is 5. The average Bonchev–Trinajstić information content (AvgIpc) is 3.31. The summed E-state index contributed by atoms with van der Waals surface area (Å²) in [5.41, 5.74) is 1.94. The second-order valence-electron chi connectivity index (χ2n) is 8.16. The third-order valence-electron chi connectivity index (χ3n) is 6.25. The van der Waals surface area contributed by atoms with Crippen LogP contribution in [-0.2, 0) is 9.59 Å². The summed E-state index contributed by atoms with van der Waals surface area (Å²) in [6.07, 6.45) is 3.82. The molecule has 1 atom stereocenters. The van der Waals surface area contributed by atoms with E-state index in [0.717, 1.165) is 63.1 Å². The van der Waals surface area contributed by atoms with Gasteiger partial charge in [0.1, 0.15) is 0 Å². The number of hydrogen-bond acceptors (Lipinski definition) is 2. The SMILES string of the molecule is O=C(Nc1ccccc1)C1CC[NH+]([C@@H](C(=O)N2CCCC2)c2ccccc2)CC1. The smallest absolute Gasteiger partial charge is 0.285 e. The number of quaternary nitrogens is 1. The van der Waals surface area contributed by atoms with E-state index in [1.54, 1.807) is 0 Å². The first-order chi connectivity index (χ1) is 14.2. The lowest BCUT2D eigenvalue weighted by atomic mass is 9.93. The summed E-state index contributed by atoms with van der Waals surface area (Å²) in [5, 5.41) is 3.03. The first-order valence-corrected chi connectivity index (χ1v) is 10.8. The Hall–Kier alpha value is -2.66. The van der Waals surface area contributed by atoms with Crippen LogP contribution in [-0.4, -0.2) is 42.9 Å². The fourth-order valence-corrected chi connectivity index (χ4v) is 4.62. The largest absolute Gasteiger partial charge is 0.337 e. The van der Waals surface area contributed by atoms with Crippen LogP contribution in [0.5, 0.6) is 0 Å². The van der Waals surface area contributed by atoms with Crippen LogP contribution in [0.15, 0.2) is 60.7 Å². The molecular weight excluding hydrogens is 362 g/mol. The second-order valence-corrected chi connectivity index (χ2v) is 8.16. The molecular formula is C24H30N3O2+. The molecule has 2 fully saturated rings. The topological polar surface area (TPSA) is 53.9 Å². The Kier molecular flexibility index (Phi) is 6.25. The number of carbonyl (C=O) groups is 2. The van der Waals surface area contributed by atoms with E-state index in [2.05, 4.69) is 17.4 Å². The first kappa shape index (κ1) is 19.6. The van der Waals surface area contributed by atoms with Crippen molar-refractivity contribution in [3.63, 3.8) is 0 Å². The molecule has 2 N–H and O–H groups in total. The molecule has 2 aliphatic heterocycles. The predicted molar refractivity (Wildman–Crippen MR) is 113 cm³/mol. The molecule has 2 aliphatic rings. The van der Waals surface area contributed by atoms with Crippen molar-refractivity contribution in [2.75, 3.05) is 31.5 Å². The number of likely N-dealkylation sites (tertiary alicyclic amines) is 2. The molecule has 2 saturated heterocycles. The maximum Gasteiger partial charge on any atom is 0.285 e. The van der Waals surface area contributed by atoms with Gasteiger partial charge in [0.15, 0.2) is 6.04 Å². The van der Waals surface area contributed by atoms with Gasteiger partial charge in [-0.1, -0.05) is 48.5 Å². The number of piperidine rings is 1. The molecule has 2 heterocycles. The number of hydrogen-bond donors (Lipinski definition) is 2. The van der Waals surface area contributed by atoms with Crippen LogP contribution < -0.4 is 10.2 Å². The summed E-state index contributed by atoms with van der Waals surface area (Å²) >= 11 is 0. The molecule has 29 heavy (non-hydrogen) atoms. The molecule has 0 bridgehead atoms. The molecule has 152 valence electrons. The van der Waals surface area contributed by atoms with Gasteiger partial charge in [0.2, 0.25) is 5.91 Å². The number of para-hydroxylation sites is 1. The zero-order valence-corrected chi connectivity index (χ0v) is 16.8. The van der Waals surface area contributed by atoms with Crippen molar-refractivity contribution < 1.29 is 14.5 Å².